The van der Waals surface area contributed by atoms with Gasteiger partial charge in [0.05, 0.1) is 12.1 Å². The van der Waals surface area contributed by atoms with E-state index in [1.54, 1.807) is 0 Å². The minimum absolute atomic E-state index is 0.234. The summed E-state index contributed by atoms with van der Waals surface area (Å²) in [4.78, 5) is 11.2. The van der Waals surface area contributed by atoms with Gasteiger partial charge in [0, 0.05) is 0 Å². The van der Waals surface area contributed by atoms with Crippen LogP contribution in [-0.2, 0) is 12.8 Å². The van der Waals surface area contributed by atoms with E-state index in [-0.39, 0.29) is 11.3 Å². The van der Waals surface area contributed by atoms with Crippen molar-refractivity contribution in [2.45, 2.75) is 19.3 Å². The fourth-order valence-corrected chi connectivity index (χ4v) is 2.42. The first kappa shape index (κ1) is 10.3. The van der Waals surface area contributed by atoms with Gasteiger partial charge in [-0.15, -0.1) is 0 Å². The lowest BCUT2D eigenvalue weighted by atomic mass is 10.0. The molecular weight excluding hydrogens is 216 g/mol. The molecule has 0 radical (unpaired) electrons. The van der Waals surface area contributed by atoms with Gasteiger partial charge < -0.3 is 9.84 Å². The van der Waals surface area contributed by atoms with Crippen LogP contribution in [0.15, 0.2) is 6.07 Å². The molecule has 0 atom stereocenters. The highest BCUT2D eigenvalue weighted by Gasteiger charge is 2.25. The first-order valence-corrected chi connectivity index (χ1v) is 5.14. The molecule has 80 valence electrons. The molecule has 2 rings (SSSR count). The molecule has 15 heavy (non-hydrogen) atoms. The first-order valence-electron chi connectivity index (χ1n) is 4.76. The third-order valence-corrected chi connectivity index (χ3v) is 3.01. The number of aryl methyl sites for hydroxylation is 1. The number of rotatable bonds is 2. The molecule has 1 aliphatic carbocycles. The summed E-state index contributed by atoms with van der Waals surface area (Å²) in [6.07, 6.45) is 2.68. The topological polar surface area (TPSA) is 46.5 Å². The van der Waals surface area contributed by atoms with Gasteiger partial charge in [-0.05, 0) is 36.5 Å². The highest BCUT2D eigenvalue weighted by atomic mass is 35.5. The van der Waals surface area contributed by atoms with E-state index in [0.29, 0.717) is 5.02 Å². The number of halogens is 1. The molecule has 0 bridgehead atoms. The lowest BCUT2D eigenvalue weighted by molar-refractivity contribution is 0.0692. The Morgan fingerprint density at radius 3 is 2.87 bits per heavy atom. The number of hydrogen-bond acceptors (Lipinski definition) is 2. The number of carboxylic acid groups (broad SMARTS) is 1. The SMILES string of the molecule is COc1c(Cl)cc2c(c1C(=O)O)CCC2. The molecule has 0 fully saturated rings. The molecule has 0 saturated heterocycles. The molecular formula is C11H11ClO3. The molecule has 1 aromatic rings. The largest absolute Gasteiger partial charge is 0.494 e. The summed E-state index contributed by atoms with van der Waals surface area (Å²) in [6, 6.07) is 1.81. The smallest absolute Gasteiger partial charge is 0.339 e. The lowest BCUT2D eigenvalue weighted by Crippen LogP contribution is -2.06. The van der Waals surface area contributed by atoms with E-state index in [9.17, 15) is 4.79 Å². The number of carboxylic acids is 1. The zero-order valence-electron chi connectivity index (χ0n) is 8.34. The van der Waals surface area contributed by atoms with Gasteiger partial charge in [0.25, 0.3) is 0 Å². The van der Waals surface area contributed by atoms with Crippen molar-refractivity contribution in [3.05, 3.63) is 27.8 Å². The predicted octanol–water partition coefficient (Wildman–Crippen LogP) is 2.54. The van der Waals surface area contributed by atoms with Crippen molar-refractivity contribution in [3.63, 3.8) is 0 Å². The maximum absolute atomic E-state index is 11.2. The van der Waals surface area contributed by atoms with Crippen molar-refractivity contribution >= 4 is 17.6 Å². The van der Waals surface area contributed by atoms with E-state index in [1.807, 2.05) is 6.07 Å². The van der Waals surface area contributed by atoms with E-state index in [2.05, 4.69) is 0 Å². The Hall–Kier alpha value is -1.22. The van der Waals surface area contributed by atoms with Crippen LogP contribution in [0.25, 0.3) is 0 Å². The summed E-state index contributed by atoms with van der Waals surface area (Å²) in [5.41, 5.74) is 2.15. The summed E-state index contributed by atoms with van der Waals surface area (Å²) in [5.74, 6) is -0.683. The van der Waals surface area contributed by atoms with E-state index >= 15 is 0 Å². The number of benzene rings is 1. The van der Waals surface area contributed by atoms with Crippen molar-refractivity contribution in [1.29, 1.82) is 0 Å². The zero-order valence-corrected chi connectivity index (χ0v) is 9.10. The highest BCUT2D eigenvalue weighted by molar-refractivity contribution is 6.32. The van der Waals surface area contributed by atoms with E-state index in [1.165, 1.54) is 7.11 Å². The normalized spacial score (nSPS) is 13.7. The van der Waals surface area contributed by atoms with Gasteiger partial charge in [-0.3, -0.25) is 0 Å². The van der Waals surface area contributed by atoms with Gasteiger partial charge in [0.1, 0.15) is 5.56 Å². The monoisotopic (exact) mass is 226 g/mol. The molecule has 1 N–H and O–H groups in total. The zero-order chi connectivity index (χ0) is 11.0. The minimum atomic E-state index is -0.965. The van der Waals surface area contributed by atoms with Crippen LogP contribution in [0.1, 0.15) is 27.9 Å². The average molecular weight is 227 g/mol. The Balaban J connectivity index is 2.71. The van der Waals surface area contributed by atoms with Crippen LogP contribution < -0.4 is 4.74 Å². The minimum Gasteiger partial charge on any atom is -0.494 e. The summed E-state index contributed by atoms with van der Waals surface area (Å²) in [5, 5.41) is 9.53. The molecule has 4 heteroatoms. The molecule has 0 aromatic heterocycles. The summed E-state index contributed by atoms with van der Waals surface area (Å²) < 4.78 is 5.05. The second kappa shape index (κ2) is 3.74. The number of aromatic carboxylic acids is 1. The third kappa shape index (κ3) is 1.57. The van der Waals surface area contributed by atoms with Crippen LogP contribution in [-0.4, -0.2) is 18.2 Å². The quantitative estimate of drug-likeness (QED) is 0.843. The molecule has 0 spiro atoms. The summed E-state index contributed by atoms with van der Waals surface area (Å²) in [6.45, 7) is 0. The maximum Gasteiger partial charge on any atom is 0.339 e. The predicted molar refractivity (Wildman–Crippen MR) is 57.0 cm³/mol. The van der Waals surface area contributed by atoms with Gasteiger partial charge in [0.15, 0.2) is 5.75 Å². The van der Waals surface area contributed by atoms with Crippen molar-refractivity contribution in [2.24, 2.45) is 0 Å². The third-order valence-electron chi connectivity index (χ3n) is 2.73. The van der Waals surface area contributed by atoms with Crippen LogP contribution in [0, 0.1) is 0 Å². The number of ether oxygens (including phenoxy) is 1. The summed E-state index contributed by atoms with van der Waals surface area (Å²) >= 11 is 5.97. The Kier molecular flexibility index (Phi) is 2.57. The van der Waals surface area contributed by atoms with Crippen LogP contribution in [0.4, 0.5) is 0 Å². The van der Waals surface area contributed by atoms with Gasteiger partial charge in [-0.1, -0.05) is 11.6 Å². The van der Waals surface area contributed by atoms with Crippen molar-refractivity contribution in [2.75, 3.05) is 7.11 Å². The second-order valence-corrected chi connectivity index (χ2v) is 3.97. The molecule has 1 aromatic carbocycles. The number of fused-ring (bicyclic) bond motifs is 1. The van der Waals surface area contributed by atoms with Crippen molar-refractivity contribution < 1.29 is 14.6 Å². The Morgan fingerprint density at radius 2 is 2.27 bits per heavy atom. The van der Waals surface area contributed by atoms with Gasteiger partial charge >= 0.3 is 5.97 Å². The van der Waals surface area contributed by atoms with Gasteiger partial charge in [0.2, 0.25) is 0 Å². The standard InChI is InChI=1S/C11H11ClO3/c1-15-10-8(12)5-6-3-2-4-7(6)9(10)11(13)14/h5H,2-4H2,1H3,(H,13,14). The van der Waals surface area contributed by atoms with Crippen LogP contribution in [0.5, 0.6) is 5.75 Å². The highest BCUT2D eigenvalue weighted by Crippen LogP contribution is 2.37. The molecule has 0 saturated carbocycles. The van der Waals surface area contributed by atoms with Crippen LogP contribution in [0.3, 0.4) is 0 Å². The van der Waals surface area contributed by atoms with Gasteiger partial charge in [-0.2, -0.15) is 0 Å². The molecule has 0 aliphatic heterocycles. The number of methoxy groups -OCH3 is 1. The first-order chi connectivity index (χ1) is 7.15. The van der Waals surface area contributed by atoms with Crippen LogP contribution in [0.2, 0.25) is 5.02 Å². The van der Waals surface area contributed by atoms with E-state index < -0.39 is 5.97 Å². The van der Waals surface area contributed by atoms with Crippen LogP contribution >= 0.6 is 11.6 Å². The molecule has 0 amide bonds. The average Bonchev–Trinajstić information content (AvgIpc) is 2.62. The number of hydrogen-bond donors (Lipinski definition) is 1. The fraction of sp³-hybridized carbons (Fsp3) is 0.364. The number of carbonyl (C=O) groups is 1. The molecule has 3 nitrogen and oxygen atoms in total. The second-order valence-electron chi connectivity index (χ2n) is 3.56. The Bertz CT molecular complexity index is 423. The lowest BCUT2D eigenvalue weighted by Gasteiger charge is -2.11. The van der Waals surface area contributed by atoms with Crippen molar-refractivity contribution in [3.8, 4) is 5.75 Å². The van der Waals surface area contributed by atoms with Gasteiger partial charge in [-0.25, -0.2) is 4.79 Å². The Morgan fingerprint density at radius 1 is 1.53 bits per heavy atom. The summed E-state index contributed by atoms with van der Waals surface area (Å²) in [7, 11) is 1.44. The molecule has 0 heterocycles. The van der Waals surface area contributed by atoms with E-state index in [0.717, 1.165) is 30.4 Å². The molecule has 1 aliphatic rings. The van der Waals surface area contributed by atoms with E-state index in [4.69, 9.17) is 21.4 Å². The van der Waals surface area contributed by atoms with Crippen molar-refractivity contribution in [1.82, 2.24) is 0 Å². The fourth-order valence-electron chi connectivity index (χ4n) is 2.11. The maximum atomic E-state index is 11.2. The molecule has 0 unspecified atom stereocenters. The Labute approximate surface area is 92.6 Å².